The third-order valence-corrected chi connectivity index (χ3v) is 6.24. The zero-order chi connectivity index (χ0) is 25.9. The number of amides is 1. The summed E-state index contributed by atoms with van der Waals surface area (Å²) in [5, 5.41) is 26.1. The minimum atomic E-state index is -1.53. The first-order valence-corrected chi connectivity index (χ1v) is 12.0. The van der Waals surface area contributed by atoms with Gasteiger partial charge in [-0.05, 0) is 49.0 Å². The Morgan fingerprint density at radius 1 is 1.19 bits per heavy atom. The molecule has 0 fully saturated rings. The number of carbonyl (C=O) groups is 1. The van der Waals surface area contributed by atoms with Crippen molar-refractivity contribution in [2.24, 2.45) is 0 Å². The Kier molecular flexibility index (Phi) is 6.92. The summed E-state index contributed by atoms with van der Waals surface area (Å²) in [5.41, 5.74) is 5.59. The number of nitrogens with one attached hydrogen (secondary N) is 2. The predicted molar refractivity (Wildman–Crippen MR) is 143 cm³/mol. The van der Waals surface area contributed by atoms with Crippen LogP contribution in [0.15, 0.2) is 48.5 Å². The van der Waals surface area contributed by atoms with Crippen LogP contribution >= 0.6 is 0 Å². The number of rotatable bonds is 6. The lowest BCUT2D eigenvalue weighted by Gasteiger charge is -2.21. The van der Waals surface area contributed by atoms with Gasteiger partial charge < -0.3 is 25.4 Å². The molecular weight excluding hydrogens is 469 g/mol. The Labute approximate surface area is 214 Å². The smallest absolute Gasteiger partial charge is 0.423 e. The van der Waals surface area contributed by atoms with Gasteiger partial charge in [0, 0.05) is 29.6 Å². The van der Waals surface area contributed by atoms with Gasteiger partial charge in [0.05, 0.1) is 30.1 Å². The summed E-state index contributed by atoms with van der Waals surface area (Å²) in [6.45, 7) is 5.02. The molecule has 4 aromatic rings. The largest absolute Gasteiger partial charge is 0.488 e. The van der Waals surface area contributed by atoms with E-state index in [1.807, 2.05) is 41.8 Å². The lowest BCUT2D eigenvalue weighted by Crippen LogP contribution is -2.30. The molecule has 0 radical (unpaired) electrons. The minimum Gasteiger partial charge on any atom is -0.423 e. The quantitative estimate of drug-likeness (QED) is 0.239. The van der Waals surface area contributed by atoms with Crippen LogP contribution in [0.3, 0.4) is 0 Å². The number of aromatic nitrogens is 3. The average Bonchev–Trinajstić information content (AvgIpc) is 3.24. The number of aryl methyl sites for hydroxylation is 1. The van der Waals surface area contributed by atoms with E-state index in [0.717, 1.165) is 33.4 Å². The number of hydrogen-bond donors (Lipinski definition) is 4. The lowest BCUT2D eigenvalue weighted by atomic mass is 9.79. The molecule has 2 aromatic carbocycles. The minimum absolute atomic E-state index is 0.366. The monoisotopic (exact) mass is 495 g/mol. The van der Waals surface area contributed by atoms with E-state index in [2.05, 4.69) is 22.5 Å². The maximum Gasteiger partial charge on any atom is 0.488 e. The second kappa shape index (κ2) is 10.4. The number of hydrogen-bond acceptors (Lipinski definition) is 7. The second-order valence-corrected chi connectivity index (χ2v) is 8.76. The molecule has 5 rings (SSSR count). The Balaban J connectivity index is 1.54. The normalized spacial score (nSPS) is 12.4. The average molecular weight is 495 g/mol. The van der Waals surface area contributed by atoms with Crippen molar-refractivity contribution in [1.82, 2.24) is 14.5 Å². The van der Waals surface area contributed by atoms with Gasteiger partial charge in [-0.2, -0.15) is 4.98 Å². The SMILES string of the molecule is CC#CC(=O)Nc1cccc2c1cc(C)n2-c1nc2c(c(NCc3cccc(B(O)O)c3)n1)COCC2. The molecule has 1 amide bonds. The fourth-order valence-electron chi connectivity index (χ4n) is 4.52. The molecular formula is C27H26BN5O4. The topological polar surface area (TPSA) is 122 Å². The lowest BCUT2D eigenvalue weighted by molar-refractivity contribution is -0.111. The number of nitrogens with zero attached hydrogens (tertiary/aromatic N) is 3. The van der Waals surface area contributed by atoms with Gasteiger partial charge in [-0.3, -0.25) is 9.36 Å². The number of carbonyl (C=O) groups excluding carboxylic acids is 1. The Hall–Kier alpha value is -4.17. The van der Waals surface area contributed by atoms with Crippen LogP contribution in [0, 0.1) is 18.8 Å². The third-order valence-electron chi connectivity index (χ3n) is 6.24. The van der Waals surface area contributed by atoms with Crippen molar-refractivity contribution in [1.29, 1.82) is 0 Å². The molecule has 0 unspecified atom stereocenters. The first kappa shape index (κ1) is 24.5. The highest BCUT2D eigenvalue weighted by Crippen LogP contribution is 2.31. The van der Waals surface area contributed by atoms with Crippen LogP contribution in [0.5, 0.6) is 0 Å². The van der Waals surface area contributed by atoms with Gasteiger partial charge in [-0.25, -0.2) is 4.98 Å². The van der Waals surface area contributed by atoms with E-state index in [4.69, 9.17) is 14.7 Å². The van der Waals surface area contributed by atoms with Crippen LogP contribution in [-0.4, -0.2) is 44.2 Å². The fourth-order valence-corrected chi connectivity index (χ4v) is 4.52. The molecule has 0 saturated heterocycles. The summed E-state index contributed by atoms with van der Waals surface area (Å²) < 4.78 is 7.66. The van der Waals surface area contributed by atoms with Crippen molar-refractivity contribution >= 4 is 40.9 Å². The van der Waals surface area contributed by atoms with Crippen LogP contribution in [0.1, 0.15) is 29.4 Å². The highest BCUT2D eigenvalue weighted by molar-refractivity contribution is 6.58. The maximum atomic E-state index is 12.1. The number of fused-ring (bicyclic) bond motifs is 2. The fraction of sp³-hybridized carbons (Fsp3) is 0.222. The number of ether oxygens (including phenoxy) is 1. The molecule has 0 bridgehead atoms. The molecule has 4 N–H and O–H groups in total. The Morgan fingerprint density at radius 3 is 2.84 bits per heavy atom. The number of benzene rings is 2. The van der Waals surface area contributed by atoms with Crippen molar-refractivity contribution in [3.05, 3.63) is 71.0 Å². The first-order chi connectivity index (χ1) is 17.9. The van der Waals surface area contributed by atoms with Crippen LogP contribution in [0.4, 0.5) is 11.5 Å². The summed E-state index contributed by atoms with van der Waals surface area (Å²) in [6, 6.07) is 14.8. The predicted octanol–water partition coefficient (Wildman–Crippen LogP) is 2.06. The Morgan fingerprint density at radius 2 is 2.03 bits per heavy atom. The van der Waals surface area contributed by atoms with E-state index >= 15 is 0 Å². The standard InChI is InChI=1S/C27H26BN5O4/c1-3-6-25(34)30-22-9-5-10-24-20(22)13-17(2)33(24)27-31-23-11-12-37-16-21(23)26(32-27)29-15-18-7-4-8-19(14-18)28(35)36/h4-5,7-10,13-14,35-36H,11-12,15-16H2,1-2H3,(H,30,34)(H,29,31,32). The van der Waals surface area contributed by atoms with Crippen LogP contribution in [-0.2, 0) is 29.1 Å². The molecule has 0 saturated carbocycles. The molecule has 0 spiro atoms. The van der Waals surface area contributed by atoms with Crippen LogP contribution in [0.2, 0.25) is 0 Å². The second-order valence-electron chi connectivity index (χ2n) is 8.76. The summed E-state index contributed by atoms with van der Waals surface area (Å²) in [4.78, 5) is 21.9. The van der Waals surface area contributed by atoms with Crippen molar-refractivity contribution in [3.8, 4) is 17.8 Å². The molecule has 1 aliphatic rings. The summed E-state index contributed by atoms with van der Waals surface area (Å²) in [5.74, 6) is 5.95. The Bertz CT molecular complexity index is 1550. The molecule has 0 aliphatic carbocycles. The molecule has 2 aromatic heterocycles. The van der Waals surface area contributed by atoms with Gasteiger partial charge >= 0.3 is 7.12 Å². The molecule has 9 nitrogen and oxygen atoms in total. The van der Waals surface area contributed by atoms with Gasteiger partial charge in [-0.1, -0.05) is 36.3 Å². The maximum absolute atomic E-state index is 12.1. The van der Waals surface area contributed by atoms with E-state index in [1.54, 1.807) is 25.1 Å². The van der Waals surface area contributed by atoms with Gasteiger partial charge in [0.2, 0.25) is 5.95 Å². The van der Waals surface area contributed by atoms with Crippen molar-refractivity contribution in [2.75, 3.05) is 17.2 Å². The van der Waals surface area contributed by atoms with Gasteiger partial charge in [-0.15, -0.1) is 0 Å². The van der Waals surface area contributed by atoms with Gasteiger partial charge in [0.15, 0.2) is 0 Å². The zero-order valence-electron chi connectivity index (χ0n) is 20.6. The van der Waals surface area contributed by atoms with Crippen molar-refractivity contribution in [2.45, 2.75) is 33.4 Å². The number of anilines is 2. The van der Waals surface area contributed by atoms with E-state index in [9.17, 15) is 14.8 Å². The third kappa shape index (κ3) is 5.06. The first-order valence-electron chi connectivity index (χ1n) is 12.0. The van der Waals surface area contributed by atoms with Crippen LogP contribution in [0.25, 0.3) is 16.9 Å². The van der Waals surface area contributed by atoms with Gasteiger partial charge in [0.25, 0.3) is 5.91 Å². The molecule has 1 aliphatic heterocycles. The summed E-state index contributed by atoms with van der Waals surface area (Å²) >= 11 is 0. The van der Waals surface area contributed by atoms with E-state index < -0.39 is 7.12 Å². The van der Waals surface area contributed by atoms with Crippen molar-refractivity contribution in [3.63, 3.8) is 0 Å². The molecule has 186 valence electrons. The van der Waals surface area contributed by atoms with E-state index in [-0.39, 0.29) is 5.91 Å². The highest BCUT2D eigenvalue weighted by atomic mass is 16.5. The zero-order valence-corrected chi connectivity index (χ0v) is 20.6. The van der Waals surface area contributed by atoms with Crippen molar-refractivity contribution < 1.29 is 19.6 Å². The van der Waals surface area contributed by atoms with E-state index in [1.165, 1.54) is 0 Å². The van der Waals surface area contributed by atoms with Crippen LogP contribution < -0.4 is 16.1 Å². The van der Waals surface area contributed by atoms with Gasteiger partial charge in [0.1, 0.15) is 5.82 Å². The molecule has 0 atom stereocenters. The molecule has 10 heteroatoms. The summed E-state index contributed by atoms with van der Waals surface area (Å²) in [6.07, 6.45) is 0.668. The highest BCUT2D eigenvalue weighted by Gasteiger charge is 2.21. The summed E-state index contributed by atoms with van der Waals surface area (Å²) in [7, 11) is -1.53. The van der Waals surface area contributed by atoms with E-state index in [0.29, 0.717) is 49.1 Å². The molecule has 37 heavy (non-hydrogen) atoms. The molecule has 3 heterocycles.